The van der Waals surface area contributed by atoms with Crippen molar-refractivity contribution in [1.29, 1.82) is 0 Å². The van der Waals surface area contributed by atoms with Crippen molar-refractivity contribution < 1.29 is 14.6 Å². The number of aliphatic hydroxyl groups excluding tert-OH is 1. The summed E-state index contributed by atoms with van der Waals surface area (Å²) in [5.41, 5.74) is 0.468. The fraction of sp³-hybridized carbons (Fsp3) is 0.571. The van der Waals surface area contributed by atoms with Gasteiger partial charge in [-0.05, 0) is 44.7 Å². The number of esters is 1. The van der Waals surface area contributed by atoms with Gasteiger partial charge in [0.25, 0.3) is 0 Å². The van der Waals surface area contributed by atoms with Crippen molar-refractivity contribution in [2.75, 3.05) is 11.9 Å². The summed E-state index contributed by atoms with van der Waals surface area (Å²) in [5.74, 6) is 0.219. The Morgan fingerprint density at radius 2 is 2.21 bits per heavy atom. The Morgan fingerprint density at radius 3 is 2.89 bits per heavy atom. The van der Waals surface area contributed by atoms with E-state index >= 15 is 0 Å². The molecule has 2 rings (SSSR count). The number of carbonyl (C=O) groups is 1. The zero-order valence-corrected chi connectivity index (χ0v) is 11.1. The first-order valence-corrected chi connectivity index (χ1v) is 6.77. The Balaban J connectivity index is 2.05. The highest BCUT2D eigenvalue weighted by Gasteiger charge is 2.21. The van der Waals surface area contributed by atoms with E-state index < -0.39 is 0 Å². The molecule has 0 aliphatic heterocycles. The van der Waals surface area contributed by atoms with Crippen LogP contribution >= 0.6 is 0 Å². The topological polar surface area (TPSA) is 71.5 Å². The third-order valence-corrected chi connectivity index (χ3v) is 3.34. The van der Waals surface area contributed by atoms with Crippen molar-refractivity contribution in [3.05, 3.63) is 23.9 Å². The number of aliphatic hydroxyl groups is 1. The highest BCUT2D eigenvalue weighted by molar-refractivity contribution is 5.94. The van der Waals surface area contributed by atoms with Gasteiger partial charge in [-0.25, -0.2) is 9.78 Å². The Bertz CT molecular complexity index is 428. The Kier molecular flexibility index (Phi) is 4.74. The molecule has 1 aromatic rings. The van der Waals surface area contributed by atoms with Crippen LogP contribution in [0, 0.1) is 0 Å². The zero-order chi connectivity index (χ0) is 13.7. The molecule has 5 heteroatoms. The number of aromatic nitrogens is 1. The zero-order valence-electron chi connectivity index (χ0n) is 11.1. The summed E-state index contributed by atoms with van der Waals surface area (Å²) in [4.78, 5) is 16.0. The maximum atomic E-state index is 11.8. The van der Waals surface area contributed by atoms with Crippen molar-refractivity contribution in [2.24, 2.45) is 0 Å². The predicted molar refractivity (Wildman–Crippen MR) is 72.1 cm³/mol. The van der Waals surface area contributed by atoms with Gasteiger partial charge in [0.15, 0.2) is 0 Å². The second kappa shape index (κ2) is 6.52. The molecule has 1 aromatic heterocycles. The third kappa shape index (κ3) is 3.67. The van der Waals surface area contributed by atoms with E-state index in [1.807, 2.05) is 0 Å². The lowest BCUT2D eigenvalue weighted by atomic mass is 9.93. The number of hydrogen-bond acceptors (Lipinski definition) is 5. The summed E-state index contributed by atoms with van der Waals surface area (Å²) in [7, 11) is 0. The second-order valence-corrected chi connectivity index (χ2v) is 4.77. The maximum Gasteiger partial charge on any atom is 0.341 e. The second-order valence-electron chi connectivity index (χ2n) is 4.77. The van der Waals surface area contributed by atoms with E-state index in [0.717, 1.165) is 25.7 Å². The molecule has 2 N–H and O–H groups in total. The average Bonchev–Trinajstić information content (AvgIpc) is 2.42. The summed E-state index contributed by atoms with van der Waals surface area (Å²) in [5, 5.41) is 12.8. The van der Waals surface area contributed by atoms with Gasteiger partial charge in [-0.1, -0.05) is 0 Å². The fourth-order valence-corrected chi connectivity index (χ4v) is 2.31. The molecule has 1 saturated carbocycles. The van der Waals surface area contributed by atoms with E-state index in [2.05, 4.69) is 10.3 Å². The fourth-order valence-electron chi connectivity index (χ4n) is 2.31. The number of hydrogen-bond donors (Lipinski definition) is 2. The Labute approximate surface area is 113 Å². The molecule has 0 unspecified atom stereocenters. The minimum absolute atomic E-state index is 0.189. The van der Waals surface area contributed by atoms with Gasteiger partial charge in [-0.3, -0.25) is 0 Å². The van der Waals surface area contributed by atoms with Crippen molar-refractivity contribution >= 4 is 11.8 Å². The molecule has 0 atom stereocenters. The summed E-state index contributed by atoms with van der Waals surface area (Å²) >= 11 is 0. The largest absolute Gasteiger partial charge is 0.462 e. The molecule has 19 heavy (non-hydrogen) atoms. The first-order chi connectivity index (χ1) is 9.20. The summed E-state index contributed by atoms with van der Waals surface area (Å²) in [6.45, 7) is 2.13. The predicted octanol–water partition coefficient (Wildman–Crippen LogP) is 1.97. The molecule has 0 amide bonds. The van der Waals surface area contributed by atoms with Gasteiger partial charge in [0.2, 0.25) is 0 Å². The van der Waals surface area contributed by atoms with E-state index in [9.17, 15) is 9.90 Å². The lowest BCUT2D eigenvalue weighted by Gasteiger charge is -2.27. The van der Waals surface area contributed by atoms with Crippen LogP contribution in [0.2, 0.25) is 0 Å². The molecular formula is C14H20N2O3. The van der Waals surface area contributed by atoms with Crippen LogP contribution in [0.5, 0.6) is 0 Å². The van der Waals surface area contributed by atoms with E-state index in [1.165, 1.54) is 0 Å². The van der Waals surface area contributed by atoms with Crippen LogP contribution in [0.15, 0.2) is 18.3 Å². The smallest absolute Gasteiger partial charge is 0.341 e. The van der Waals surface area contributed by atoms with Crippen LogP contribution in [0.1, 0.15) is 43.0 Å². The van der Waals surface area contributed by atoms with E-state index in [1.54, 1.807) is 25.3 Å². The number of pyridine rings is 1. The SMILES string of the molecule is CCOC(=O)c1cccnc1NC1CCC(O)CC1. The maximum absolute atomic E-state index is 11.8. The van der Waals surface area contributed by atoms with Crippen molar-refractivity contribution in [2.45, 2.75) is 44.8 Å². The van der Waals surface area contributed by atoms with E-state index in [-0.39, 0.29) is 18.1 Å². The molecule has 1 fully saturated rings. The number of ether oxygens (including phenoxy) is 1. The molecule has 0 bridgehead atoms. The molecule has 5 nitrogen and oxygen atoms in total. The minimum Gasteiger partial charge on any atom is -0.462 e. The molecule has 104 valence electrons. The molecule has 1 aliphatic carbocycles. The molecule has 0 saturated heterocycles. The molecule has 0 spiro atoms. The van der Waals surface area contributed by atoms with Gasteiger partial charge in [0.05, 0.1) is 12.7 Å². The first kappa shape index (κ1) is 13.8. The average molecular weight is 264 g/mol. The van der Waals surface area contributed by atoms with Crippen LogP contribution in [0.3, 0.4) is 0 Å². The number of rotatable bonds is 4. The summed E-state index contributed by atoms with van der Waals surface area (Å²) in [6.07, 6.45) is 4.83. The monoisotopic (exact) mass is 264 g/mol. The van der Waals surface area contributed by atoms with E-state index in [0.29, 0.717) is 18.0 Å². The van der Waals surface area contributed by atoms with Crippen LogP contribution < -0.4 is 5.32 Å². The van der Waals surface area contributed by atoms with Crippen LogP contribution in [-0.4, -0.2) is 34.8 Å². The molecule has 1 heterocycles. The standard InChI is InChI=1S/C14H20N2O3/c1-2-19-14(18)12-4-3-9-15-13(12)16-10-5-7-11(17)8-6-10/h3-4,9-11,17H,2,5-8H2,1H3,(H,15,16). The molecule has 1 aliphatic rings. The lowest BCUT2D eigenvalue weighted by molar-refractivity contribution is 0.0527. The van der Waals surface area contributed by atoms with Gasteiger partial charge < -0.3 is 15.2 Å². The Morgan fingerprint density at radius 1 is 1.47 bits per heavy atom. The first-order valence-electron chi connectivity index (χ1n) is 6.77. The van der Waals surface area contributed by atoms with Crippen LogP contribution in [0.4, 0.5) is 5.82 Å². The minimum atomic E-state index is -0.353. The number of carbonyl (C=O) groups excluding carboxylic acids is 1. The van der Waals surface area contributed by atoms with Gasteiger partial charge in [0.1, 0.15) is 11.4 Å². The van der Waals surface area contributed by atoms with Gasteiger partial charge in [-0.15, -0.1) is 0 Å². The van der Waals surface area contributed by atoms with Crippen molar-refractivity contribution in [1.82, 2.24) is 4.98 Å². The summed E-state index contributed by atoms with van der Waals surface area (Å²) < 4.78 is 5.02. The Hall–Kier alpha value is -1.62. The van der Waals surface area contributed by atoms with Gasteiger partial charge >= 0.3 is 5.97 Å². The van der Waals surface area contributed by atoms with E-state index in [4.69, 9.17) is 4.74 Å². The quantitative estimate of drug-likeness (QED) is 0.814. The van der Waals surface area contributed by atoms with Crippen molar-refractivity contribution in [3.63, 3.8) is 0 Å². The number of nitrogens with zero attached hydrogens (tertiary/aromatic N) is 1. The highest BCUT2D eigenvalue weighted by Crippen LogP contribution is 2.23. The summed E-state index contributed by atoms with van der Waals surface area (Å²) in [6, 6.07) is 3.69. The third-order valence-electron chi connectivity index (χ3n) is 3.34. The normalized spacial score (nSPS) is 22.8. The lowest BCUT2D eigenvalue weighted by Crippen LogP contribution is -2.29. The highest BCUT2D eigenvalue weighted by atomic mass is 16.5. The van der Waals surface area contributed by atoms with Crippen LogP contribution in [0.25, 0.3) is 0 Å². The van der Waals surface area contributed by atoms with Gasteiger partial charge in [-0.2, -0.15) is 0 Å². The number of nitrogens with one attached hydrogen (secondary N) is 1. The van der Waals surface area contributed by atoms with Crippen molar-refractivity contribution in [3.8, 4) is 0 Å². The number of anilines is 1. The molecule has 0 aromatic carbocycles. The molecular weight excluding hydrogens is 244 g/mol. The molecule has 0 radical (unpaired) electrons. The van der Waals surface area contributed by atoms with Crippen LogP contribution in [-0.2, 0) is 4.74 Å². The van der Waals surface area contributed by atoms with Gasteiger partial charge in [0, 0.05) is 12.2 Å².